The van der Waals surface area contributed by atoms with Crippen LogP contribution in [0.5, 0.6) is 0 Å². The van der Waals surface area contributed by atoms with E-state index in [1.165, 1.54) is 0 Å². The Bertz CT molecular complexity index is 890. The van der Waals surface area contributed by atoms with Gasteiger partial charge in [0.25, 0.3) is 0 Å². The van der Waals surface area contributed by atoms with E-state index >= 15 is 0 Å². The molecule has 3 rings (SSSR count). The first-order valence-electron chi connectivity index (χ1n) is 13.1. The standard InChI is InChI=1S/C26H45N5O5/c1-24(2,3)19(29-23(36)30-25(4,5)6)22(35)31-12-16-17(26(16,7)8)18(31)21(34)28-15(13-32)11-14-9-10-27-20(14)33/h14-19,32H,9-13H2,1-8H3,(H,27,33)(H,28,34)(H2,29,30,36)/t14-,15?,16-,17-,18-,19?/m0/s1. The monoisotopic (exact) mass is 507 g/mol. The highest BCUT2D eigenvalue weighted by molar-refractivity contribution is 5.94. The number of carbonyl (C=O) groups excluding carboxylic acids is 4. The van der Waals surface area contributed by atoms with Crippen LogP contribution in [0.2, 0.25) is 0 Å². The molecular weight excluding hydrogens is 462 g/mol. The van der Waals surface area contributed by atoms with Crippen molar-refractivity contribution in [3.05, 3.63) is 0 Å². The Labute approximate surface area is 214 Å². The van der Waals surface area contributed by atoms with Gasteiger partial charge in [0.1, 0.15) is 12.1 Å². The van der Waals surface area contributed by atoms with Gasteiger partial charge in [-0.3, -0.25) is 14.4 Å². The third-order valence-electron chi connectivity index (χ3n) is 7.94. The van der Waals surface area contributed by atoms with Crippen molar-refractivity contribution in [3.8, 4) is 0 Å². The zero-order chi connectivity index (χ0) is 27.2. The number of aliphatic hydroxyl groups is 1. The number of carbonyl (C=O) groups is 4. The maximum atomic E-state index is 13.9. The molecule has 36 heavy (non-hydrogen) atoms. The minimum Gasteiger partial charge on any atom is -0.394 e. The average Bonchev–Trinajstić information content (AvgIpc) is 3.08. The van der Waals surface area contributed by atoms with Crippen molar-refractivity contribution in [2.75, 3.05) is 19.7 Å². The summed E-state index contributed by atoms with van der Waals surface area (Å²) in [5.74, 6) is -0.717. The van der Waals surface area contributed by atoms with Gasteiger partial charge in [0.2, 0.25) is 17.7 Å². The highest BCUT2D eigenvalue weighted by atomic mass is 16.3. The fourth-order valence-electron chi connectivity index (χ4n) is 5.81. The van der Waals surface area contributed by atoms with Crippen LogP contribution in [0.4, 0.5) is 4.79 Å². The van der Waals surface area contributed by atoms with Crippen molar-refractivity contribution < 1.29 is 24.3 Å². The quantitative estimate of drug-likeness (QED) is 0.350. The van der Waals surface area contributed by atoms with Gasteiger partial charge in [0.05, 0.1) is 12.6 Å². The van der Waals surface area contributed by atoms with Crippen molar-refractivity contribution in [2.24, 2.45) is 28.6 Å². The Hall–Kier alpha value is -2.36. The van der Waals surface area contributed by atoms with E-state index in [0.717, 1.165) is 0 Å². The second-order valence-electron chi connectivity index (χ2n) is 13.4. The van der Waals surface area contributed by atoms with E-state index in [1.807, 2.05) is 41.5 Å². The number of fused-ring (bicyclic) bond motifs is 1. The minimum atomic E-state index is -0.827. The van der Waals surface area contributed by atoms with Crippen LogP contribution in [-0.2, 0) is 14.4 Å². The Morgan fingerprint density at radius 2 is 1.78 bits per heavy atom. The smallest absolute Gasteiger partial charge is 0.315 e. The second-order valence-corrected chi connectivity index (χ2v) is 13.4. The maximum Gasteiger partial charge on any atom is 0.315 e. The Morgan fingerprint density at radius 3 is 2.28 bits per heavy atom. The number of urea groups is 1. The van der Waals surface area contributed by atoms with Crippen LogP contribution in [0.1, 0.15) is 68.2 Å². The summed E-state index contributed by atoms with van der Waals surface area (Å²) >= 11 is 0. The number of likely N-dealkylation sites (tertiary alicyclic amines) is 1. The van der Waals surface area contributed by atoms with Crippen molar-refractivity contribution in [3.63, 3.8) is 0 Å². The number of nitrogens with one attached hydrogen (secondary N) is 4. The molecular formula is C26H45N5O5. The molecule has 3 aliphatic rings. The van der Waals surface area contributed by atoms with Crippen LogP contribution in [-0.4, -0.2) is 77.1 Å². The normalized spacial score (nSPS) is 28.6. The molecule has 1 aliphatic carbocycles. The topological polar surface area (TPSA) is 140 Å². The number of piperidine rings is 1. The number of rotatable bonds is 7. The first kappa shape index (κ1) is 28.2. The van der Waals surface area contributed by atoms with Crippen molar-refractivity contribution >= 4 is 23.8 Å². The van der Waals surface area contributed by atoms with Gasteiger partial charge in [-0.1, -0.05) is 34.6 Å². The first-order chi connectivity index (χ1) is 16.5. The Morgan fingerprint density at radius 1 is 1.14 bits per heavy atom. The molecule has 0 aromatic rings. The molecule has 2 heterocycles. The highest BCUT2D eigenvalue weighted by Crippen LogP contribution is 2.65. The molecule has 3 fully saturated rings. The molecule has 0 bridgehead atoms. The SMILES string of the molecule is CC(C)(C)NC(=O)NC(C(=O)N1C[C@H]2[C@@H]([C@H]1C(=O)NC(CO)C[C@@H]1CCNC1=O)C2(C)C)C(C)(C)C. The van der Waals surface area contributed by atoms with Gasteiger partial charge in [0, 0.05) is 24.5 Å². The van der Waals surface area contributed by atoms with Gasteiger partial charge >= 0.3 is 6.03 Å². The van der Waals surface area contributed by atoms with Gasteiger partial charge in [-0.25, -0.2) is 4.79 Å². The van der Waals surface area contributed by atoms with E-state index in [0.29, 0.717) is 25.9 Å². The summed E-state index contributed by atoms with van der Waals surface area (Å²) in [4.78, 5) is 53.7. The third kappa shape index (κ3) is 5.95. The van der Waals surface area contributed by atoms with Crippen LogP contribution < -0.4 is 21.3 Å². The summed E-state index contributed by atoms with van der Waals surface area (Å²) in [5, 5.41) is 21.3. The fourth-order valence-corrected chi connectivity index (χ4v) is 5.81. The Balaban J connectivity index is 1.78. The summed E-state index contributed by atoms with van der Waals surface area (Å²) in [6.45, 7) is 16.2. The van der Waals surface area contributed by atoms with E-state index in [-0.39, 0.29) is 47.5 Å². The third-order valence-corrected chi connectivity index (χ3v) is 7.94. The number of aliphatic hydroxyl groups excluding tert-OH is 1. The summed E-state index contributed by atoms with van der Waals surface area (Å²) < 4.78 is 0. The van der Waals surface area contributed by atoms with Gasteiger partial charge < -0.3 is 31.3 Å². The van der Waals surface area contributed by atoms with Crippen LogP contribution in [0.15, 0.2) is 0 Å². The second kappa shape index (κ2) is 9.84. The number of hydrogen-bond acceptors (Lipinski definition) is 5. The Kier molecular flexibility index (Phi) is 7.71. The zero-order valence-electron chi connectivity index (χ0n) is 23.0. The van der Waals surface area contributed by atoms with Crippen molar-refractivity contribution in [1.29, 1.82) is 0 Å². The summed E-state index contributed by atoms with van der Waals surface area (Å²) in [6, 6.07) is -2.53. The predicted molar refractivity (Wildman–Crippen MR) is 136 cm³/mol. The van der Waals surface area contributed by atoms with E-state index in [1.54, 1.807) is 4.90 Å². The average molecular weight is 508 g/mol. The molecule has 10 heteroatoms. The molecule has 0 spiro atoms. The number of amides is 5. The molecule has 1 saturated carbocycles. The van der Waals surface area contributed by atoms with Gasteiger partial charge in [0.15, 0.2) is 0 Å². The minimum absolute atomic E-state index is 0.000378. The maximum absolute atomic E-state index is 13.9. The van der Waals surface area contributed by atoms with Crippen molar-refractivity contribution in [1.82, 2.24) is 26.2 Å². The van der Waals surface area contributed by atoms with E-state index < -0.39 is 35.1 Å². The lowest BCUT2D eigenvalue weighted by Gasteiger charge is -2.38. The number of nitrogens with zero attached hydrogens (tertiary/aromatic N) is 1. The fraction of sp³-hybridized carbons (Fsp3) is 0.846. The molecule has 2 aliphatic heterocycles. The van der Waals surface area contributed by atoms with Gasteiger partial charge in [-0.2, -0.15) is 0 Å². The summed E-state index contributed by atoms with van der Waals surface area (Å²) in [7, 11) is 0. The molecule has 2 saturated heterocycles. The molecule has 6 atom stereocenters. The predicted octanol–water partition coefficient (Wildman–Crippen LogP) is 0.985. The van der Waals surface area contributed by atoms with E-state index in [2.05, 4.69) is 35.1 Å². The lowest BCUT2D eigenvalue weighted by Crippen LogP contribution is -2.62. The molecule has 2 unspecified atom stereocenters. The summed E-state index contributed by atoms with van der Waals surface area (Å²) in [6.07, 6.45) is 1.03. The van der Waals surface area contributed by atoms with Gasteiger partial charge in [-0.05, 0) is 56.3 Å². The lowest BCUT2D eigenvalue weighted by molar-refractivity contribution is -0.144. The molecule has 0 radical (unpaired) electrons. The first-order valence-corrected chi connectivity index (χ1v) is 13.1. The molecule has 5 N–H and O–H groups in total. The summed E-state index contributed by atoms with van der Waals surface area (Å²) in [5.41, 5.74) is -1.13. The molecule has 10 nitrogen and oxygen atoms in total. The highest BCUT2D eigenvalue weighted by Gasteiger charge is 2.69. The van der Waals surface area contributed by atoms with Crippen LogP contribution in [0.3, 0.4) is 0 Å². The largest absolute Gasteiger partial charge is 0.394 e. The number of hydrogen-bond donors (Lipinski definition) is 5. The van der Waals surface area contributed by atoms with Crippen LogP contribution >= 0.6 is 0 Å². The molecule has 0 aromatic carbocycles. The van der Waals surface area contributed by atoms with Crippen LogP contribution in [0, 0.1) is 28.6 Å². The van der Waals surface area contributed by atoms with Crippen LogP contribution in [0.25, 0.3) is 0 Å². The van der Waals surface area contributed by atoms with Gasteiger partial charge in [-0.15, -0.1) is 0 Å². The van der Waals surface area contributed by atoms with E-state index in [4.69, 9.17) is 0 Å². The zero-order valence-corrected chi connectivity index (χ0v) is 23.0. The molecule has 5 amide bonds. The van der Waals surface area contributed by atoms with Crippen molar-refractivity contribution in [2.45, 2.75) is 91.9 Å². The lowest BCUT2D eigenvalue weighted by atomic mass is 9.85. The molecule has 0 aromatic heterocycles. The molecule has 204 valence electrons. The van der Waals surface area contributed by atoms with E-state index in [9.17, 15) is 24.3 Å².